The summed E-state index contributed by atoms with van der Waals surface area (Å²) in [5.74, 6) is 0.769. The molecule has 8 nitrogen and oxygen atoms in total. The SMILES string of the molecule is Nc1ccc(N2CCC(O)C2NC=O)nc1OCCO. The van der Waals surface area contributed by atoms with Crippen LogP contribution < -0.4 is 20.7 Å². The second-order valence-corrected chi connectivity index (χ2v) is 4.41. The van der Waals surface area contributed by atoms with Gasteiger partial charge in [-0.15, -0.1) is 0 Å². The monoisotopic (exact) mass is 282 g/mol. The summed E-state index contributed by atoms with van der Waals surface area (Å²) >= 11 is 0. The molecule has 5 N–H and O–H groups in total. The Morgan fingerprint density at radius 2 is 2.40 bits per heavy atom. The lowest BCUT2D eigenvalue weighted by molar-refractivity contribution is -0.110. The van der Waals surface area contributed by atoms with E-state index in [0.717, 1.165) is 0 Å². The first-order chi connectivity index (χ1) is 9.67. The molecule has 2 heterocycles. The molecule has 20 heavy (non-hydrogen) atoms. The molecule has 1 aliphatic rings. The Labute approximate surface area is 116 Å². The number of amides is 1. The van der Waals surface area contributed by atoms with Crippen molar-refractivity contribution < 1.29 is 19.7 Å². The number of hydrogen-bond donors (Lipinski definition) is 4. The topological polar surface area (TPSA) is 121 Å². The van der Waals surface area contributed by atoms with Gasteiger partial charge in [0.1, 0.15) is 18.6 Å². The molecule has 110 valence electrons. The zero-order valence-electron chi connectivity index (χ0n) is 10.9. The van der Waals surface area contributed by atoms with E-state index in [-0.39, 0.29) is 19.1 Å². The van der Waals surface area contributed by atoms with E-state index in [1.165, 1.54) is 0 Å². The largest absolute Gasteiger partial charge is 0.474 e. The average molecular weight is 282 g/mol. The van der Waals surface area contributed by atoms with Gasteiger partial charge in [-0.05, 0) is 18.6 Å². The lowest BCUT2D eigenvalue weighted by Gasteiger charge is -2.26. The highest BCUT2D eigenvalue weighted by atomic mass is 16.5. The van der Waals surface area contributed by atoms with Crippen molar-refractivity contribution in [2.24, 2.45) is 0 Å². The molecule has 0 saturated carbocycles. The lowest BCUT2D eigenvalue weighted by Crippen LogP contribution is -2.46. The predicted octanol–water partition coefficient (Wildman–Crippen LogP) is -1.32. The van der Waals surface area contributed by atoms with Crippen LogP contribution in [-0.2, 0) is 4.79 Å². The maximum Gasteiger partial charge on any atom is 0.239 e. The number of rotatable bonds is 6. The second kappa shape index (κ2) is 6.40. The molecule has 8 heteroatoms. The van der Waals surface area contributed by atoms with Gasteiger partial charge in [-0.1, -0.05) is 0 Å². The number of nitrogens with one attached hydrogen (secondary N) is 1. The third-order valence-electron chi connectivity index (χ3n) is 3.10. The van der Waals surface area contributed by atoms with Crippen LogP contribution in [0.25, 0.3) is 0 Å². The lowest BCUT2D eigenvalue weighted by atomic mass is 10.3. The van der Waals surface area contributed by atoms with Gasteiger partial charge in [0.05, 0.1) is 18.4 Å². The molecule has 0 aromatic carbocycles. The van der Waals surface area contributed by atoms with E-state index in [2.05, 4.69) is 10.3 Å². The van der Waals surface area contributed by atoms with Gasteiger partial charge in [-0.2, -0.15) is 4.98 Å². The molecule has 0 spiro atoms. The fourth-order valence-corrected chi connectivity index (χ4v) is 2.16. The Hall–Kier alpha value is -2.06. The number of nitrogen functional groups attached to an aromatic ring is 1. The van der Waals surface area contributed by atoms with E-state index >= 15 is 0 Å². The molecule has 1 saturated heterocycles. The van der Waals surface area contributed by atoms with Gasteiger partial charge in [0.2, 0.25) is 12.3 Å². The minimum atomic E-state index is -0.652. The van der Waals surface area contributed by atoms with Crippen LogP contribution in [0.5, 0.6) is 5.88 Å². The maximum atomic E-state index is 10.6. The van der Waals surface area contributed by atoms with E-state index < -0.39 is 12.3 Å². The van der Waals surface area contributed by atoms with Crippen LogP contribution >= 0.6 is 0 Å². The number of aliphatic hydroxyl groups excluding tert-OH is 2. The van der Waals surface area contributed by atoms with Crippen molar-refractivity contribution in [2.75, 3.05) is 30.4 Å². The molecule has 1 aliphatic heterocycles. The average Bonchev–Trinajstić information content (AvgIpc) is 2.80. The molecule has 2 atom stereocenters. The number of nitrogens with zero attached hydrogens (tertiary/aromatic N) is 2. The molecule has 1 fully saturated rings. The molecule has 0 bridgehead atoms. The van der Waals surface area contributed by atoms with Crippen LogP contribution in [0.2, 0.25) is 0 Å². The first-order valence-electron chi connectivity index (χ1n) is 6.32. The Morgan fingerprint density at radius 1 is 1.60 bits per heavy atom. The smallest absolute Gasteiger partial charge is 0.239 e. The van der Waals surface area contributed by atoms with Crippen molar-refractivity contribution in [3.05, 3.63) is 12.1 Å². The summed E-state index contributed by atoms with van der Waals surface area (Å²) in [4.78, 5) is 16.6. The highest BCUT2D eigenvalue weighted by Gasteiger charge is 2.33. The minimum Gasteiger partial charge on any atom is -0.474 e. The van der Waals surface area contributed by atoms with E-state index in [0.29, 0.717) is 30.9 Å². The van der Waals surface area contributed by atoms with Crippen LogP contribution in [0, 0.1) is 0 Å². The predicted molar refractivity (Wildman–Crippen MR) is 72.2 cm³/mol. The number of carbonyl (C=O) groups excluding carboxylic acids is 1. The number of hydrogen-bond acceptors (Lipinski definition) is 7. The summed E-state index contributed by atoms with van der Waals surface area (Å²) in [5, 5.41) is 21.2. The second-order valence-electron chi connectivity index (χ2n) is 4.41. The number of ether oxygens (including phenoxy) is 1. The van der Waals surface area contributed by atoms with E-state index in [9.17, 15) is 9.90 Å². The zero-order valence-corrected chi connectivity index (χ0v) is 10.9. The van der Waals surface area contributed by atoms with Gasteiger partial charge in [-0.25, -0.2) is 0 Å². The number of anilines is 2. The number of nitrogens with two attached hydrogens (primary N) is 1. The number of aromatic nitrogens is 1. The minimum absolute atomic E-state index is 0.0965. The first kappa shape index (κ1) is 14.4. The summed E-state index contributed by atoms with van der Waals surface area (Å²) in [6, 6.07) is 3.33. The fraction of sp³-hybridized carbons (Fsp3) is 0.500. The maximum absolute atomic E-state index is 10.6. The zero-order chi connectivity index (χ0) is 14.5. The van der Waals surface area contributed by atoms with Crippen LogP contribution in [0.3, 0.4) is 0 Å². The summed E-state index contributed by atoms with van der Waals surface area (Å²) < 4.78 is 5.24. The molecule has 0 aliphatic carbocycles. The van der Waals surface area contributed by atoms with Crippen LogP contribution in [-0.4, -0.2) is 53.6 Å². The molecule has 2 unspecified atom stereocenters. The van der Waals surface area contributed by atoms with Crippen molar-refractivity contribution in [2.45, 2.75) is 18.7 Å². The molecule has 0 radical (unpaired) electrons. The molecule has 1 amide bonds. The Balaban J connectivity index is 2.21. The third kappa shape index (κ3) is 2.91. The van der Waals surface area contributed by atoms with Crippen LogP contribution in [0.15, 0.2) is 12.1 Å². The third-order valence-corrected chi connectivity index (χ3v) is 3.10. The molecular formula is C12H18N4O4. The number of pyridine rings is 1. The highest BCUT2D eigenvalue weighted by molar-refractivity contribution is 5.56. The van der Waals surface area contributed by atoms with Gasteiger partial charge in [0, 0.05) is 6.54 Å². The van der Waals surface area contributed by atoms with E-state index in [4.69, 9.17) is 15.6 Å². The summed E-state index contributed by atoms with van der Waals surface area (Å²) in [5.41, 5.74) is 6.10. The summed E-state index contributed by atoms with van der Waals surface area (Å²) in [6.07, 6.45) is -0.0902. The van der Waals surface area contributed by atoms with Crippen molar-refractivity contribution in [1.82, 2.24) is 10.3 Å². The Bertz CT molecular complexity index is 471. The van der Waals surface area contributed by atoms with Crippen molar-refractivity contribution in [3.8, 4) is 5.88 Å². The fourth-order valence-electron chi connectivity index (χ4n) is 2.16. The Kier molecular flexibility index (Phi) is 4.59. The van der Waals surface area contributed by atoms with Crippen molar-refractivity contribution in [1.29, 1.82) is 0 Å². The van der Waals surface area contributed by atoms with Gasteiger partial charge >= 0.3 is 0 Å². The van der Waals surface area contributed by atoms with E-state index in [1.807, 2.05) is 0 Å². The van der Waals surface area contributed by atoms with Gasteiger partial charge in [0.25, 0.3) is 0 Å². The number of aliphatic hydroxyl groups is 2. The molecule has 2 rings (SSSR count). The van der Waals surface area contributed by atoms with Crippen LogP contribution in [0.1, 0.15) is 6.42 Å². The molecule has 1 aromatic heterocycles. The van der Waals surface area contributed by atoms with E-state index in [1.54, 1.807) is 17.0 Å². The summed E-state index contributed by atoms with van der Waals surface area (Å²) in [7, 11) is 0. The van der Waals surface area contributed by atoms with Gasteiger partial charge in [0.15, 0.2) is 0 Å². The molecular weight excluding hydrogens is 264 g/mol. The first-order valence-corrected chi connectivity index (χ1v) is 6.32. The molecule has 1 aromatic rings. The number of carbonyl (C=O) groups is 1. The van der Waals surface area contributed by atoms with Crippen molar-refractivity contribution in [3.63, 3.8) is 0 Å². The highest BCUT2D eigenvalue weighted by Crippen LogP contribution is 2.27. The standard InChI is InChI=1S/C12H18N4O4/c13-8-1-2-10(15-12(8)20-6-5-17)16-4-3-9(19)11(16)14-7-18/h1-2,7,9,11,17,19H,3-6,13H2,(H,14,18). The van der Waals surface area contributed by atoms with Crippen molar-refractivity contribution >= 4 is 17.9 Å². The van der Waals surface area contributed by atoms with Gasteiger partial charge < -0.3 is 30.9 Å². The van der Waals surface area contributed by atoms with Gasteiger partial charge in [-0.3, -0.25) is 4.79 Å². The quantitative estimate of drug-likeness (QED) is 0.477. The Morgan fingerprint density at radius 3 is 3.10 bits per heavy atom. The summed E-state index contributed by atoms with van der Waals surface area (Å²) in [6.45, 7) is 0.519. The normalized spacial score (nSPS) is 21.8. The van der Waals surface area contributed by atoms with Crippen LogP contribution in [0.4, 0.5) is 11.5 Å².